The zero-order valence-corrected chi connectivity index (χ0v) is 14.4. The molecular formula is C18H35N3O. The normalized spacial score (nSPS) is 33.0. The second-order valence-electron chi connectivity index (χ2n) is 7.83. The van der Waals surface area contributed by atoms with Crippen LogP contribution in [-0.4, -0.2) is 84.3 Å². The van der Waals surface area contributed by atoms with Crippen LogP contribution in [-0.2, 0) is 0 Å². The molecule has 0 aromatic carbocycles. The van der Waals surface area contributed by atoms with Crippen molar-refractivity contribution in [3.05, 3.63) is 0 Å². The van der Waals surface area contributed by atoms with Crippen molar-refractivity contribution < 1.29 is 5.11 Å². The van der Waals surface area contributed by atoms with Crippen LogP contribution < -0.4 is 0 Å². The van der Waals surface area contributed by atoms with Gasteiger partial charge in [-0.2, -0.15) is 0 Å². The van der Waals surface area contributed by atoms with Gasteiger partial charge in [0.1, 0.15) is 0 Å². The van der Waals surface area contributed by atoms with E-state index in [0.29, 0.717) is 12.6 Å². The Morgan fingerprint density at radius 1 is 0.818 bits per heavy atom. The van der Waals surface area contributed by atoms with E-state index in [0.717, 1.165) is 12.0 Å². The van der Waals surface area contributed by atoms with Crippen LogP contribution in [0.15, 0.2) is 0 Å². The summed E-state index contributed by atoms with van der Waals surface area (Å²) in [5, 5.41) is 9.51. The first-order valence-corrected chi connectivity index (χ1v) is 9.57. The van der Waals surface area contributed by atoms with Gasteiger partial charge >= 0.3 is 0 Å². The van der Waals surface area contributed by atoms with Crippen LogP contribution in [0.3, 0.4) is 0 Å². The van der Waals surface area contributed by atoms with E-state index < -0.39 is 0 Å². The molecule has 3 heterocycles. The summed E-state index contributed by atoms with van der Waals surface area (Å²) in [7, 11) is 0. The molecule has 1 N–H and O–H groups in total. The van der Waals surface area contributed by atoms with Crippen LogP contribution in [0, 0.1) is 5.92 Å². The van der Waals surface area contributed by atoms with Crippen molar-refractivity contribution in [2.24, 2.45) is 5.92 Å². The molecule has 3 aliphatic heterocycles. The Balaban J connectivity index is 1.42. The lowest BCUT2D eigenvalue weighted by molar-refractivity contribution is 0.110. The summed E-state index contributed by atoms with van der Waals surface area (Å²) in [6.07, 6.45) is 7.94. The van der Waals surface area contributed by atoms with E-state index in [4.69, 9.17) is 0 Å². The number of rotatable bonds is 6. The largest absolute Gasteiger partial charge is 0.395 e. The fraction of sp³-hybridized carbons (Fsp3) is 1.00. The average Bonchev–Trinajstić information content (AvgIpc) is 3.16. The van der Waals surface area contributed by atoms with Gasteiger partial charge in [-0.05, 0) is 70.6 Å². The Morgan fingerprint density at radius 3 is 2.23 bits per heavy atom. The molecule has 128 valence electrons. The summed E-state index contributed by atoms with van der Waals surface area (Å²) < 4.78 is 0. The maximum Gasteiger partial charge on any atom is 0.0586 e. The topological polar surface area (TPSA) is 30.0 Å². The minimum absolute atomic E-state index is 0.346. The van der Waals surface area contributed by atoms with Crippen LogP contribution in [0.25, 0.3) is 0 Å². The highest BCUT2D eigenvalue weighted by atomic mass is 16.3. The molecule has 0 amide bonds. The smallest absolute Gasteiger partial charge is 0.0586 e. The number of hydrogen-bond acceptors (Lipinski definition) is 4. The zero-order chi connectivity index (χ0) is 15.4. The Bertz CT molecular complexity index is 330. The van der Waals surface area contributed by atoms with E-state index in [1.807, 2.05) is 0 Å². The molecule has 3 aliphatic rings. The molecular weight excluding hydrogens is 274 g/mol. The molecule has 0 aromatic rings. The maximum atomic E-state index is 9.51. The lowest BCUT2D eigenvalue weighted by Crippen LogP contribution is -2.46. The van der Waals surface area contributed by atoms with E-state index in [2.05, 4.69) is 21.6 Å². The van der Waals surface area contributed by atoms with Crippen molar-refractivity contribution in [3.8, 4) is 0 Å². The molecule has 0 bridgehead atoms. The molecule has 3 fully saturated rings. The third kappa shape index (κ3) is 4.22. The molecule has 2 unspecified atom stereocenters. The second kappa shape index (κ2) is 8.09. The van der Waals surface area contributed by atoms with Crippen LogP contribution in [0.4, 0.5) is 0 Å². The van der Waals surface area contributed by atoms with Crippen molar-refractivity contribution in [2.45, 2.75) is 57.5 Å². The van der Waals surface area contributed by atoms with Crippen molar-refractivity contribution in [2.75, 3.05) is 52.4 Å². The third-order valence-electron chi connectivity index (χ3n) is 6.23. The fourth-order valence-electron chi connectivity index (χ4n) is 4.56. The molecule has 4 heteroatoms. The molecule has 0 saturated carbocycles. The summed E-state index contributed by atoms with van der Waals surface area (Å²) in [5.74, 6) is 0.932. The number of aliphatic hydroxyl groups is 1. The summed E-state index contributed by atoms with van der Waals surface area (Å²) in [5.41, 5.74) is 0. The van der Waals surface area contributed by atoms with Gasteiger partial charge in [0.25, 0.3) is 0 Å². The standard InChI is InChI=1S/C18H35N3O/c1-16-6-10-19(11-7-16)12-13-20-8-2-4-17(20)14-21-9-3-5-18(21)15-22/h16-18,22H,2-15H2,1H3. The van der Waals surface area contributed by atoms with E-state index in [1.165, 1.54) is 84.3 Å². The van der Waals surface area contributed by atoms with Crippen LogP contribution in [0.1, 0.15) is 45.4 Å². The van der Waals surface area contributed by atoms with Crippen LogP contribution in [0.2, 0.25) is 0 Å². The minimum Gasteiger partial charge on any atom is -0.395 e. The lowest BCUT2D eigenvalue weighted by atomic mass is 9.99. The van der Waals surface area contributed by atoms with Crippen molar-refractivity contribution in [1.29, 1.82) is 0 Å². The van der Waals surface area contributed by atoms with Gasteiger partial charge in [0.05, 0.1) is 6.61 Å². The molecule has 22 heavy (non-hydrogen) atoms. The van der Waals surface area contributed by atoms with Gasteiger partial charge in [-0.3, -0.25) is 9.80 Å². The maximum absolute atomic E-state index is 9.51. The third-order valence-corrected chi connectivity index (χ3v) is 6.23. The Hall–Kier alpha value is -0.160. The zero-order valence-electron chi connectivity index (χ0n) is 14.4. The van der Waals surface area contributed by atoms with Crippen molar-refractivity contribution in [1.82, 2.24) is 14.7 Å². The quantitative estimate of drug-likeness (QED) is 0.808. The predicted octanol–water partition coefficient (Wildman–Crippen LogP) is 1.64. The second-order valence-corrected chi connectivity index (χ2v) is 7.83. The summed E-state index contributed by atoms with van der Waals surface area (Å²) in [6.45, 7) is 11.5. The van der Waals surface area contributed by atoms with Crippen molar-refractivity contribution in [3.63, 3.8) is 0 Å². The highest BCUT2D eigenvalue weighted by molar-refractivity contribution is 4.87. The van der Waals surface area contributed by atoms with Gasteiger partial charge in [-0.25, -0.2) is 0 Å². The lowest BCUT2D eigenvalue weighted by Gasteiger charge is -2.34. The predicted molar refractivity (Wildman–Crippen MR) is 91.1 cm³/mol. The first-order valence-electron chi connectivity index (χ1n) is 9.57. The number of nitrogens with zero attached hydrogens (tertiary/aromatic N) is 3. The number of piperidine rings is 1. The fourth-order valence-corrected chi connectivity index (χ4v) is 4.56. The van der Waals surface area contributed by atoms with Gasteiger partial charge in [-0.1, -0.05) is 6.92 Å². The van der Waals surface area contributed by atoms with Gasteiger partial charge in [0, 0.05) is 31.7 Å². The van der Waals surface area contributed by atoms with E-state index >= 15 is 0 Å². The summed E-state index contributed by atoms with van der Waals surface area (Å²) in [6, 6.07) is 1.17. The first kappa shape index (κ1) is 16.7. The minimum atomic E-state index is 0.346. The van der Waals surface area contributed by atoms with Gasteiger partial charge in [-0.15, -0.1) is 0 Å². The van der Waals surface area contributed by atoms with Gasteiger partial charge < -0.3 is 10.0 Å². The molecule has 0 aliphatic carbocycles. The van der Waals surface area contributed by atoms with E-state index in [9.17, 15) is 5.11 Å². The number of aliphatic hydroxyl groups excluding tert-OH is 1. The molecule has 0 radical (unpaired) electrons. The van der Waals surface area contributed by atoms with E-state index in [-0.39, 0.29) is 0 Å². The Morgan fingerprint density at radius 2 is 1.50 bits per heavy atom. The molecule has 4 nitrogen and oxygen atoms in total. The van der Waals surface area contributed by atoms with Crippen LogP contribution >= 0.6 is 0 Å². The van der Waals surface area contributed by atoms with Crippen LogP contribution in [0.5, 0.6) is 0 Å². The molecule has 0 spiro atoms. The average molecular weight is 309 g/mol. The highest BCUT2D eigenvalue weighted by Gasteiger charge is 2.31. The monoisotopic (exact) mass is 309 g/mol. The molecule has 3 saturated heterocycles. The number of likely N-dealkylation sites (tertiary alicyclic amines) is 3. The summed E-state index contributed by atoms with van der Waals surface area (Å²) >= 11 is 0. The van der Waals surface area contributed by atoms with Crippen molar-refractivity contribution >= 4 is 0 Å². The number of hydrogen-bond donors (Lipinski definition) is 1. The Kier molecular flexibility index (Phi) is 6.14. The molecule has 0 aromatic heterocycles. The Labute approximate surface area is 136 Å². The molecule has 2 atom stereocenters. The van der Waals surface area contributed by atoms with Gasteiger partial charge in [0.15, 0.2) is 0 Å². The summed E-state index contributed by atoms with van der Waals surface area (Å²) in [4.78, 5) is 7.94. The van der Waals surface area contributed by atoms with Gasteiger partial charge in [0.2, 0.25) is 0 Å². The highest BCUT2D eigenvalue weighted by Crippen LogP contribution is 2.23. The SMILES string of the molecule is CC1CCN(CCN2CCCC2CN2CCCC2CO)CC1. The van der Waals surface area contributed by atoms with E-state index in [1.54, 1.807) is 0 Å². The molecule has 3 rings (SSSR count). The first-order chi connectivity index (χ1) is 10.8.